The number of aryl methyl sites for hydroxylation is 1. The first-order valence-electron chi connectivity index (χ1n) is 7.09. The van der Waals surface area contributed by atoms with Crippen molar-refractivity contribution >= 4 is 11.7 Å². The molecule has 1 N–H and O–H groups in total. The van der Waals surface area contributed by atoms with Gasteiger partial charge >= 0.3 is 0 Å². The Morgan fingerprint density at radius 1 is 1.09 bits per heavy atom. The Bertz CT molecular complexity index is 838. The molecule has 3 aromatic rings. The van der Waals surface area contributed by atoms with Crippen molar-refractivity contribution in [2.24, 2.45) is 0 Å². The lowest BCUT2D eigenvalue weighted by atomic mass is 10.2. The summed E-state index contributed by atoms with van der Waals surface area (Å²) in [7, 11) is 0. The highest BCUT2D eigenvalue weighted by Crippen LogP contribution is 2.16. The predicted octanol–water partition coefficient (Wildman–Crippen LogP) is 3.28. The molecule has 0 saturated heterocycles. The molecule has 0 radical (unpaired) electrons. The maximum Gasteiger partial charge on any atom is 0.260 e. The molecule has 0 fully saturated rings. The van der Waals surface area contributed by atoms with Crippen LogP contribution in [0.4, 0.5) is 10.2 Å². The Morgan fingerprint density at radius 2 is 1.83 bits per heavy atom. The van der Waals surface area contributed by atoms with Gasteiger partial charge in [0.25, 0.3) is 5.91 Å². The summed E-state index contributed by atoms with van der Waals surface area (Å²) in [4.78, 5) is 16.5. The maximum absolute atomic E-state index is 13.0. The molecule has 0 bridgehead atoms. The number of nitrogens with zero attached hydrogens (tertiary/aromatic N) is 3. The van der Waals surface area contributed by atoms with Gasteiger partial charge in [-0.05, 0) is 49.7 Å². The normalized spacial score (nSPS) is 10.6. The lowest BCUT2D eigenvalue weighted by molar-refractivity contribution is 0.102. The highest BCUT2D eigenvalue weighted by Gasteiger charge is 2.15. The van der Waals surface area contributed by atoms with Crippen molar-refractivity contribution < 1.29 is 9.18 Å². The van der Waals surface area contributed by atoms with E-state index in [1.165, 1.54) is 18.3 Å². The second-order valence-corrected chi connectivity index (χ2v) is 5.21. The van der Waals surface area contributed by atoms with Crippen molar-refractivity contribution in [1.82, 2.24) is 14.8 Å². The van der Waals surface area contributed by atoms with Crippen LogP contribution in [-0.4, -0.2) is 20.7 Å². The van der Waals surface area contributed by atoms with Gasteiger partial charge in [0, 0.05) is 6.20 Å². The van der Waals surface area contributed by atoms with Crippen LogP contribution in [0.2, 0.25) is 0 Å². The number of amides is 1. The molecular formula is C17H15FN4O. The number of hydrogen-bond donors (Lipinski definition) is 1. The van der Waals surface area contributed by atoms with Crippen molar-refractivity contribution in [1.29, 1.82) is 0 Å². The number of nitrogens with one attached hydrogen (secondary N) is 1. The Kier molecular flexibility index (Phi) is 3.89. The summed E-state index contributed by atoms with van der Waals surface area (Å²) >= 11 is 0. The van der Waals surface area contributed by atoms with Gasteiger partial charge in [0.1, 0.15) is 11.6 Å². The molecule has 6 heteroatoms. The van der Waals surface area contributed by atoms with Gasteiger partial charge in [-0.25, -0.2) is 14.1 Å². The molecule has 0 aliphatic rings. The van der Waals surface area contributed by atoms with E-state index in [1.807, 2.05) is 13.0 Å². The molecule has 0 aliphatic carbocycles. The molecule has 0 unspecified atom stereocenters. The number of aromatic nitrogens is 3. The lowest BCUT2D eigenvalue weighted by Crippen LogP contribution is -2.14. The zero-order valence-corrected chi connectivity index (χ0v) is 12.7. The topological polar surface area (TPSA) is 59.8 Å². The Morgan fingerprint density at radius 3 is 2.48 bits per heavy atom. The van der Waals surface area contributed by atoms with Crippen molar-refractivity contribution in [2.75, 3.05) is 5.32 Å². The SMILES string of the molecule is Cc1ccc(NC(=O)c2cnn(-c3ccc(F)cc3)c2C)nc1. The van der Waals surface area contributed by atoms with Crippen LogP contribution in [-0.2, 0) is 0 Å². The number of carbonyl (C=O) groups is 1. The largest absolute Gasteiger partial charge is 0.306 e. The van der Waals surface area contributed by atoms with E-state index >= 15 is 0 Å². The zero-order valence-electron chi connectivity index (χ0n) is 12.7. The first kappa shape index (κ1) is 14.9. The third-order valence-electron chi connectivity index (χ3n) is 3.48. The first-order chi connectivity index (χ1) is 11.0. The van der Waals surface area contributed by atoms with E-state index in [1.54, 1.807) is 36.0 Å². The van der Waals surface area contributed by atoms with E-state index in [0.717, 1.165) is 5.56 Å². The number of pyridine rings is 1. The Labute approximate surface area is 132 Å². The standard InChI is InChI=1S/C17H15FN4O/c1-11-3-8-16(19-9-11)21-17(23)15-10-20-22(12(15)2)14-6-4-13(18)5-7-14/h3-10H,1-2H3,(H,19,21,23). The average molecular weight is 310 g/mol. The number of benzene rings is 1. The van der Waals surface area contributed by atoms with Crippen LogP contribution < -0.4 is 5.32 Å². The van der Waals surface area contributed by atoms with Crippen LogP contribution in [0.25, 0.3) is 5.69 Å². The first-order valence-corrected chi connectivity index (χ1v) is 7.09. The molecule has 0 atom stereocenters. The van der Waals surface area contributed by atoms with Gasteiger partial charge in [-0.1, -0.05) is 6.07 Å². The minimum Gasteiger partial charge on any atom is -0.306 e. The molecule has 3 rings (SSSR count). The van der Waals surface area contributed by atoms with Crippen molar-refractivity contribution in [3.05, 3.63) is 71.4 Å². The van der Waals surface area contributed by atoms with Gasteiger partial charge in [0.05, 0.1) is 23.1 Å². The van der Waals surface area contributed by atoms with Crippen LogP contribution >= 0.6 is 0 Å². The molecule has 23 heavy (non-hydrogen) atoms. The van der Waals surface area contributed by atoms with Crippen molar-refractivity contribution in [3.63, 3.8) is 0 Å². The number of rotatable bonds is 3. The minimum atomic E-state index is -0.318. The molecule has 0 saturated carbocycles. The molecule has 2 aromatic heterocycles. The Balaban J connectivity index is 1.85. The van der Waals surface area contributed by atoms with Gasteiger partial charge in [-0.2, -0.15) is 5.10 Å². The average Bonchev–Trinajstić information content (AvgIpc) is 2.92. The summed E-state index contributed by atoms with van der Waals surface area (Å²) in [6.45, 7) is 3.71. The Hall–Kier alpha value is -3.02. The third kappa shape index (κ3) is 3.11. The van der Waals surface area contributed by atoms with E-state index in [0.29, 0.717) is 22.8 Å². The predicted molar refractivity (Wildman–Crippen MR) is 85.2 cm³/mol. The van der Waals surface area contributed by atoms with Crippen molar-refractivity contribution in [2.45, 2.75) is 13.8 Å². The second-order valence-electron chi connectivity index (χ2n) is 5.21. The van der Waals surface area contributed by atoms with E-state index in [2.05, 4.69) is 15.4 Å². The van der Waals surface area contributed by atoms with Gasteiger partial charge in [0.15, 0.2) is 0 Å². The fourth-order valence-corrected chi connectivity index (χ4v) is 2.20. The van der Waals surface area contributed by atoms with Crippen LogP contribution in [0.15, 0.2) is 48.8 Å². The second kappa shape index (κ2) is 6.00. The highest BCUT2D eigenvalue weighted by atomic mass is 19.1. The summed E-state index contributed by atoms with van der Waals surface area (Å²) in [5.41, 5.74) is 2.82. The van der Waals surface area contributed by atoms with E-state index < -0.39 is 0 Å². The van der Waals surface area contributed by atoms with Gasteiger partial charge in [0.2, 0.25) is 0 Å². The molecule has 0 aliphatic heterocycles. The molecule has 1 amide bonds. The van der Waals surface area contributed by atoms with Crippen LogP contribution in [0.5, 0.6) is 0 Å². The fraction of sp³-hybridized carbons (Fsp3) is 0.118. The van der Waals surface area contributed by atoms with Crippen LogP contribution in [0.1, 0.15) is 21.6 Å². The monoisotopic (exact) mass is 310 g/mol. The molecule has 1 aromatic carbocycles. The quantitative estimate of drug-likeness (QED) is 0.807. The third-order valence-corrected chi connectivity index (χ3v) is 3.48. The molecule has 0 spiro atoms. The number of anilines is 1. The van der Waals surface area contributed by atoms with Crippen LogP contribution in [0.3, 0.4) is 0 Å². The maximum atomic E-state index is 13.0. The fourth-order valence-electron chi connectivity index (χ4n) is 2.20. The molecule has 5 nitrogen and oxygen atoms in total. The molecular weight excluding hydrogens is 295 g/mol. The summed E-state index contributed by atoms with van der Waals surface area (Å²) in [5.74, 6) is -0.122. The van der Waals surface area contributed by atoms with Crippen molar-refractivity contribution in [3.8, 4) is 5.69 Å². The van der Waals surface area contributed by atoms with E-state index in [9.17, 15) is 9.18 Å². The smallest absolute Gasteiger partial charge is 0.260 e. The summed E-state index contributed by atoms with van der Waals surface area (Å²) in [5, 5.41) is 6.94. The zero-order chi connectivity index (χ0) is 16.4. The highest BCUT2D eigenvalue weighted by molar-refractivity contribution is 6.04. The number of halogens is 1. The summed E-state index contributed by atoms with van der Waals surface area (Å²) in [6.07, 6.45) is 3.17. The molecule has 2 heterocycles. The minimum absolute atomic E-state index is 0.285. The van der Waals surface area contributed by atoms with Crippen LogP contribution in [0, 0.1) is 19.7 Å². The van der Waals surface area contributed by atoms with Gasteiger partial charge in [-0.3, -0.25) is 4.79 Å². The van der Waals surface area contributed by atoms with E-state index in [-0.39, 0.29) is 11.7 Å². The lowest BCUT2D eigenvalue weighted by Gasteiger charge is -2.06. The van der Waals surface area contributed by atoms with Gasteiger partial charge < -0.3 is 5.32 Å². The number of carbonyl (C=O) groups excluding carboxylic acids is 1. The van der Waals surface area contributed by atoms with E-state index in [4.69, 9.17) is 0 Å². The summed E-state index contributed by atoms with van der Waals surface area (Å²) < 4.78 is 14.6. The molecule has 116 valence electrons. The number of hydrogen-bond acceptors (Lipinski definition) is 3. The van der Waals surface area contributed by atoms with Gasteiger partial charge in [-0.15, -0.1) is 0 Å². The summed E-state index contributed by atoms with van der Waals surface area (Å²) in [6, 6.07) is 9.54.